The average Bonchev–Trinajstić information content (AvgIpc) is 2.85. The first-order valence-corrected chi connectivity index (χ1v) is 7.79. The first-order chi connectivity index (χ1) is 10.1. The van der Waals surface area contributed by atoms with Crippen LogP contribution in [-0.2, 0) is 11.2 Å². The van der Waals surface area contributed by atoms with Gasteiger partial charge in [-0.15, -0.1) is 0 Å². The highest BCUT2D eigenvalue weighted by molar-refractivity contribution is 5.83. The van der Waals surface area contributed by atoms with Crippen molar-refractivity contribution in [3.63, 3.8) is 0 Å². The van der Waals surface area contributed by atoms with E-state index in [0.29, 0.717) is 12.4 Å². The Labute approximate surface area is 125 Å². The minimum absolute atomic E-state index is 0.0870. The molecule has 6 nitrogen and oxygen atoms in total. The standard InChI is InChI=1S/C15H23N5O/c1-3-5-12-18-13(16)9(2)14(19-12)20-7-4-6-10-11(20)8-17-15(10)21/h10-11H,3-8H2,1-2H3,(H,17,21)(H2,16,18,19). The third-order valence-electron chi connectivity index (χ3n) is 4.55. The quantitative estimate of drug-likeness (QED) is 0.868. The molecule has 2 aliphatic rings. The van der Waals surface area contributed by atoms with Crippen LogP contribution in [0.3, 0.4) is 0 Å². The number of anilines is 2. The van der Waals surface area contributed by atoms with Gasteiger partial charge in [-0.2, -0.15) is 0 Å². The lowest BCUT2D eigenvalue weighted by atomic mass is 9.91. The summed E-state index contributed by atoms with van der Waals surface area (Å²) in [7, 11) is 0. The summed E-state index contributed by atoms with van der Waals surface area (Å²) in [5.74, 6) is 2.54. The number of nitrogens with one attached hydrogen (secondary N) is 1. The summed E-state index contributed by atoms with van der Waals surface area (Å²) in [6.07, 6.45) is 3.81. The van der Waals surface area contributed by atoms with E-state index in [0.717, 1.165) is 49.4 Å². The van der Waals surface area contributed by atoms with Crippen LogP contribution < -0.4 is 16.0 Å². The maximum Gasteiger partial charge on any atom is 0.225 e. The van der Waals surface area contributed by atoms with E-state index >= 15 is 0 Å². The van der Waals surface area contributed by atoms with Crippen molar-refractivity contribution in [1.82, 2.24) is 15.3 Å². The van der Waals surface area contributed by atoms with Gasteiger partial charge in [0.05, 0.1) is 12.0 Å². The summed E-state index contributed by atoms with van der Waals surface area (Å²) < 4.78 is 0. The number of nitrogens with two attached hydrogens (primary N) is 1. The van der Waals surface area contributed by atoms with Crippen LogP contribution in [0.1, 0.15) is 37.6 Å². The van der Waals surface area contributed by atoms with Crippen LogP contribution in [0, 0.1) is 12.8 Å². The smallest absolute Gasteiger partial charge is 0.225 e. The van der Waals surface area contributed by atoms with Crippen molar-refractivity contribution >= 4 is 17.5 Å². The first kappa shape index (κ1) is 14.1. The van der Waals surface area contributed by atoms with E-state index < -0.39 is 0 Å². The van der Waals surface area contributed by atoms with Gasteiger partial charge in [0.1, 0.15) is 17.5 Å². The Morgan fingerprint density at radius 2 is 2.24 bits per heavy atom. The molecule has 6 heteroatoms. The Hall–Kier alpha value is -1.85. The Morgan fingerprint density at radius 1 is 1.43 bits per heavy atom. The number of hydrogen-bond acceptors (Lipinski definition) is 5. The Morgan fingerprint density at radius 3 is 3.00 bits per heavy atom. The Kier molecular flexibility index (Phi) is 3.69. The van der Waals surface area contributed by atoms with Gasteiger partial charge in [-0.3, -0.25) is 4.79 Å². The normalized spacial score (nSPS) is 24.9. The second kappa shape index (κ2) is 5.50. The van der Waals surface area contributed by atoms with Crippen LogP contribution in [-0.4, -0.2) is 35.0 Å². The second-order valence-electron chi connectivity index (χ2n) is 5.98. The molecule has 2 atom stereocenters. The van der Waals surface area contributed by atoms with Gasteiger partial charge < -0.3 is 16.0 Å². The molecule has 0 radical (unpaired) electrons. The number of hydrogen-bond donors (Lipinski definition) is 2. The number of amides is 1. The average molecular weight is 289 g/mol. The summed E-state index contributed by atoms with van der Waals surface area (Å²) >= 11 is 0. The fourth-order valence-corrected chi connectivity index (χ4v) is 3.40. The zero-order valence-electron chi connectivity index (χ0n) is 12.7. The van der Waals surface area contributed by atoms with E-state index in [4.69, 9.17) is 10.7 Å². The minimum atomic E-state index is 0.0870. The first-order valence-electron chi connectivity index (χ1n) is 7.79. The van der Waals surface area contributed by atoms with Gasteiger partial charge in [-0.25, -0.2) is 9.97 Å². The molecule has 1 amide bonds. The monoisotopic (exact) mass is 289 g/mol. The lowest BCUT2D eigenvalue weighted by molar-refractivity contribution is -0.122. The third kappa shape index (κ3) is 2.43. The van der Waals surface area contributed by atoms with E-state index in [2.05, 4.69) is 22.1 Å². The van der Waals surface area contributed by atoms with Crippen molar-refractivity contribution in [2.75, 3.05) is 23.7 Å². The van der Waals surface area contributed by atoms with E-state index in [1.807, 2.05) is 6.92 Å². The minimum Gasteiger partial charge on any atom is -0.383 e. The fourth-order valence-electron chi connectivity index (χ4n) is 3.40. The molecule has 0 aromatic carbocycles. The van der Waals surface area contributed by atoms with Gasteiger partial charge >= 0.3 is 0 Å². The van der Waals surface area contributed by atoms with Crippen molar-refractivity contribution in [3.05, 3.63) is 11.4 Å². The van der Waals surface area contributed by atoms with Crippen LogP contribution in [0.5, 0.6) is 0 Å². The van der Waals surface area contributed by atoms with E-state index in [1.165, 1.54) is 0 Å². The summed E-state index contributed by atoms with van der Waals surface area (Å²) in [5.41, 5.74) is 6.99. The van der Waals surface area contributed by atoms with Gasteiger partial charge in [-0.05, 0) is 26.2 Å². The number of carbonyl (C=O) groups excluding carboxylic acids is 1. The maximum absolute atomic E-state index is 11.9. The van der Waals surface area contributed by atoms with Crippen molar-refractivity contribution in [1.29, 1.82) is 0 Å². The van der Waals surface area contributed by atoms with Crippen molar-refractivity contribution in [2.45, 2.75) is 45.6 Å². The lowest BCUT2D eigenvalue weighted by Crippen LogP contribution is -2.46. The number of nitrogen functional groups attached to an aromatic ring is 1. The SMILES string of the molecule is CCCc1nc(N)c(C)c(N2CCCC3C(=O)NCC32)n1. The molecular formula is C15H23N5O. The zero-order chi connectivity index (χ0) is 15.0. The van der Waals surface area contributed by atoms with E-state index in [-0.39, 0.29) is 17.9 Å². The van der Waals surface area contributed by atoms with Gasteiger partial charge in [-0.1, -0.05) is 6.92 Å². The number of rotatable bonds is 3. The molecular weight excluding hydrogens is 266 g/mol. The predicted molar refractivity (Wildman–Crippen MR) is 82.0 cm³/mol. The number of fused-ring (bicyclic) bond motifs is 1. The largest absolute Gasteiger partial charge is 0.383 e. The highest BCUT2D eigenvalue weighted by Crippen LogP contribution is 2.33. The Balaban J connectivity index is 1.97. The predicted octanol–water partition coefficient (Wildman–Crippen LogP) is 1.03. The fraction of sp³-hybridized carbons (Fsp3) is 0.667. The summed E-state index contributed by atoms with van der Waals surface area (Å²) in [6, 6.07) is 0.203. The van der Waals surface area contributed by atoms with Crippen LogP contribution in [0.4, 0.5) is 11.6 Å². The van der Waals surface area contributed by atoms with E-state index in [9.17, 15) is 4.79 Å². The van der Waals surface area contributed by atoms with Crippen molar-refractivity contribution in [2.24, 2.45) is 5.92 Å². The lowest BCUT2D eigenvalue weighted by Gasteiger charge is -2.37. The molecule has 1 aromatic heterocycles. The number of piperidine rings is 1. The molecule has 2 aliphatic heterocycles. The van der Waals surface area contributed by atoms with Gasteiger partial charge in [0.15, 0.2) is 0 Å². The van der Waals surface area contributed by atoms with Gasteiger partial charge in [0.25, 0.3) is 0 Å². The summed E-state index contributed by atoms with van der Waals surface area (Å²) in [4.78, 5) is 23.3. The topological polar surface area (TPSA) is 84.1 Å². The maximum atomic E-state index is 11.9. The van der Waals surface area contributed by atoms with Crippen LogP contribution in [0.2, 0.25) is 0 Å². The van der Waals surface area contributed by atoms with Gasteiger partial charge in [0, 0.05) is 25.1 Å². The highest BCUT2D eigenvalue weighted by atomic mass is 16.2. The second-order valence-corrected chi connectivity index (χ2v) is 5.98. The molecule has 2 saturated heterocycles. The molecule has 114 valence electrons. The number of nitrogens with zero attached hydrogens (tertiary/aromatic N) is 3. The van der Waals surface area contributed by atoms with Gasteiger partial charge in [0.2, 0.25) is 5.91 Å². The molecule has 3 rings (SSSR count). The van der Waals surface area contributed by atoms with Crippen molar-refractivity contribution in [3.8, 4) is 0 Å². The van der Waals surface area contributed by atoms with Crippen molar-refractivity contribution < 1.29 is 4.79 Å². The molecule has 0 spiro atoms. The molecule has 0 aliphatic carbocycles. The third-order valence-corrected chi connectivity index (χ3v) is 4.55. The Bertz CT molecular complexity index is 559. The molecule has 21 heavy (non-hydrogen) atoms. The van der Waals surface area contributed by atoms with Crippen LogP contribution in [0.25, 0.3) is 0 Å². The number of aryl methyl sites for hydroxylation is 1. The summed E-state index contributed by atoms with van der Waals surface area (Å²) in [6.45, 7) is 5.71. The molecule has 0 saturated carbocycles. The number of aromatic nitrogens is 2. The molecule has 2 unspecified atom stereocenters. The molecule has 0 bridgehead atoms. The molecule has 2 fully saturated rings. The van der Waals surface area contributed by atoms with E-state index in [1.54, 1.807) is 0 Å². The highest BCUT2D eigenvalue weighted by Gasteiger charge is 2.41. The van der Waals surface area contributed by atoms with Crippen LogP contribution in [0.15, 0.2) is 0 Å². The number of carbonyl (C=O) groups is 1. The molecule has 1 aromatic rings. The summed E-state index contributed by atoms with van der Waals surface area (Å²) in [5, 5.41) is 2.98. The molecule has 3 N–H and O–H groups in total. The molecule has 3 heterocycles. The van der Waals surface area contributed by atoms with Crippen LogP contribution >= 0.6 is 0 Å². The zero-order valence-corrected chi connectivity index (χ0v) is 12.7.